The summed E-state index contributed by atoms with van der Waals surface area (Å²) in [5.74, 6) is -0.116. The van der Waals surface area contributed by atoms with Gasteiger partial charge in [0.05, 0.1) is 0 Å². The number of rotatable bonds is 7. The Hall–Kier alpha value is 0.0569. The van der Waals surface area contributed by atoms with Crippen LogP contribution in [0.25, 0.3) is 0 Å². The molecule has 0 unspecified atom stereocenters. The minimum Gasteiger partial charge on any atom is -0.317 e. The lowest BCUT2D eigenvalue weighted by Crippen LogP contribution is -2.65. The van der Waals surface area contributed by atoms with Gasteiger partial charge in [-0.1, -0.05) is 13.8 Å². The highest BCUT2D eigenvalue weighted by Crippen LogP contribution is 1.90. The summed E-state index contributed by atoms with van der Waals surface area (Å²) in [6.07, 6.45) is 0. The number of nitrogens with zero attached hydrogens (tertiary/aromatic N) is 1. The lowest BCUT2D eigenvalue weighted by molar-refractivity contribution is 0.296. The van der Waals surface area contributed by atoms with Gasteiger partial charge in [0, 0.05) is 0 Å². The molecular formula is C8H24N4Si. The second-order valence-electron chi connectivity index (χ2n) is 3.26. The first-order valence-corrected chi connectivity index (χ1v) is 6.31. The lowest BCUT2D eigenvalue weighted by atomic mass is 10.4. The summed E-state index contributed by atoms with van der Waals surface area (Å²) >= 11 is 0. The van der Waals surface area contributed by atoms with Crippen LogP contribution < -0.4 is 15.6 Å². The van der Waals surface area contributed by atoms with Gasteiger partial charge < -0.3 is 9.55 Å². The maximum absolute atomic E-state index is 3.54. The Balaban J connectivity index is 3.83. The van der Waals surface area contributed by atoms with E-state index in [1.54, 1.807) is 0 Å². The predicted molar refractivity (Wildman–Crippen MR) is 61.1 cm³/mol. The van der Waals surface area contributed by atoms with Crippen molar-refractivity contribution in [2.75, 3.05) is 27.2 Å². The van der Waals surface area contributed by atoms with Crippen LogP contribution in [0.15, 0.2) is 0 Å². The fourth-order valence-corrected chi connectivity index (χ4v) is 2.36. The zero-order valence-corrected chi connectivity index (χ0v) is 11.0. The molecule has 80 valence electrons. The Morgan fingerprint density at radius 1 is 1.15 bits per heavy atom. The van der Waals surface area contributed by atoms with Gasteiger partial charge in [-0.05, 0) is 34.1 Å². The second kappa shape index (κ2) is 6.50. The summed E-state index contributed by atoms with van der Waals surface area (Å²) in [7, 11) is 3.57. The number of nitrogens with one attached hydrogen (secondary N) is 3. The van der Waals surface area contributed by atoms with Crippen molar-refractivity contribution in [2.24, 2.45) is 0 Å². The van der Waals surface area contributed by atoms with Crippen molar-refractivity contribution < 1.29 is 0 Å². The molecule has 0 spiro atoms. The molecule has 0 saturated heterocycles. The Morgan fingerprint density at radius 2 is 1.62 bits per heavy atom. The average molecular weight is 204 g/mol. The smallest absolute Gasteiger partial charge is 0.172 e. The van der Waals surface area contributed by atoms with E-state index in [9.17, 15) is 0 Å². The first-order valence-electron chi connectivity index (χ1n) is 4.97. The van der Waals surface area contributed by atoms with Crippen LogP contribution in [0.1, 0.15) is 20.8 Å². The molecule has 0 atom stereocenters. The van der Waals surface area contributed by atoms with Crippen LogP contribution in [0.3, 0.4) is 0 Å². The minimum atomic E-state index is -0.343. The normalized spacial score (nSPS) is 13.4. The molecule has 4 nitrogen and oxygen atoms in total. The third-order valence-electron chi connectivity index (χ3n) is 2.55. The highest BCUT2D eigenvalue weighted by molar-refractivity contribution is 6.28. The van der Waals surface area contributed by atoms with Crippen molar-refractivity contribution in [1.29, 1.82) is 0 Å². The standard InChI is InChI=1S/C8H24N4Si/c1-6-12(7-2)13-11-8(3,9-4)10-5/h9-11H,6-7,13H2,1-5H3. The van der Waals surface area contributed by atoms with Crippen molar-refractivity contribution in [3.8, 4) is 0 Å². The van der Waals surface area contributed by atoms with E-state index in [1.807, 2.05) is 14.1 Å². The molecule has 0 heterocycles. The molecule has 0 aromatic carbocycles. The van der Waals surface area contributed by atoms with Gasteiger partial charge in [0.1, 0.15) is 5.79 Å². The van der Waals surface area contributed by atoms with Crippen LogP contribution in [-0.2, 0) is 0 Å². The number of hydrogen-bond acceptors (Lipinski definition) is 4. The van der Waals surface area contributed by atoms with Crippen molar-refractivity contribution in [1.82, 2.24) is 20.2 Å². The molecular weight excluding hydrogens is 180 g/mol. The Morgan fingerprint density at radius 3 is 1.92 bits per heavy atom. The van der Waals surface area contributed by atoms with Crippen molar-refractivity contribution >= 4 is 9.84 Å². The third-order valence-corrected chi connectivity index (χ3v) is 4.76. The van der Waals surface area contributed by atoms with Crippen LogP contribution in [0, 0.1) is 0 Å². The number of hydrogen-bond donors (Lipinski definition) is 3. The molecule has 0 aliphatic rings. The summed E-state index contributed by atoms with van der Waals surface area (Å²) in [5, 5.41) is 6.43. The van der Waals surface area contributed by atoms with E-state index in [0.29, 0.717) is 0 Å². The van der Waals surface area contributed by atoms with Crippen molar-refractivity contribution in [3.05, 3.63) is 0 Å². The molecule has 13 heavy (non-hydrogen) atoms. The SMILES string of the molecule is CCN(CC)[SiH2]NC(C)(NC)NC. The largest absolute Gasteiger partial charge is 0.317 e. The molecule has 3 N–H and O–H groups in total. The quantitative estimate of drug-likeness (QED) is 0.369. The molecule has 0 bridgehead atoms. The van der Waals surface area contributed by atoms with Crippen LogP contribution in [-0.4, -0.2) is 47.4 Å². The molecule has 0 aliphatic carbocycles. The summed E-state index contributed by atoms with van der Waals surface area (Å²) in [4.78, 5) is 3.54. The van der Waals surface area contributed by atoms with Gasteiger partial charge in [-0.25, -0.2) is 0 Å². The summed E-state index contributed by atoms with van der Waals surface area (Å²) in [6.45, 7) is 8.80. The molecule has 0 rings (SSSR count). The van der Waals surface area contributed by atoms with E-state index in [2.05, 4.69) is 41.0 Å². The van der Waals surface area contributed by atoms with Gasteiger partial charge >= 0.3 is 0 Å². The van der Waals surface area contributed by atoms with Crippen molar-refractivity contribution in [2.45, 2.75) is 26.6 Å². The first kappa shape index (κ1) is 13.1. The van der Waals surface area contributed by atoms with Crippen LogP contribution in [0.5, 0.6) is 0 Å². The predicted octanol–water partition coefficient (Wildman–Crippen LogP) is -0.971. The molecule has 0 aromatic heterocycles. The Kier molecular flexibility index (Phi) is 6.53. The van der Waals surface area contributed by atoms with Crippen LogP contribution in [0.2, 0.25) is 0 Å². The zero-order chi connectivity index (χ0) is 10.3. The molecule has 0 radical (unpaired) electrons. The summed E-state index contributed by atoms with van der Waals surface area (Å²) in [5.41, 5.74) is 0. The third kappa shape index (κ3) is 4.73. The van der Waals surface area contributed by atoms with E-state index in [1.165, 1.54) is 0 Å². The van der Waals surface area contributed by atoms with Crippen molar-refractivity contribution in [3.63, 3.8) is 0 Å². The maximum atomic E-state index is 3.54. The highest BCUT2D eigenvalue weighted by atomic mass is 28.2. The molecule has 0 aliphatic heterocycles. The van der Waals surface area contributed by atoms with E-state index >= 15 is 0 Å². The molecule has 0 aromatic rings. The van der Waals surface area contributed by atoms with E-state index in [-0.39, 0.29) is 15.6 Å². The van der Waals surface area contributed by atoms with Crippen LogP contribution >= 0.6 is 0 Å². The van der Waals surface area contributed by atoms with Gasteiger partial charge in [0.2, 0.25) is 0 Å². The van der Waals surface area contributed by atoms with Gasteiger partial charge in [-0.2, -0.15) is 0 Å². The maximum Gasteiger partial charge on any atom is 0.172 e. The second-order valence-corrected chi connectivity index (χ2v) is 4.83. The van der Waals surface area contributed by atoms with Gasteiger partial charge in [-0.15, -0.1) is 0 Å². The fourth-order valence-electron chi connectivity index (χ4n) is 1.02. The van der Waals surface area contributed by atoms with Gasteiger partial charge in [-0.3, -0.25) is 10.6 Å². The minimum absolute atomic E-state index is 0.116. The molecule has 0 fully saturated rings. The van der Waals surface area contributed by atoms with E-state index in [4.69, 9.17) is 0 Å². The van der Waals surface area contributed by atoms with Crippen LogP contribution in [0.4, 0.5) is 0 Å². The Labute approximate surface area is 84.4 Å². The molecule has 5 heteroatoms. The summed E-state index contributed by atoms with van der Waals surface area (Å²) in [6, 6.07) is 0. The lowest BCUT2D eigenvalue weighted by Gasteiger charge is -2.32. The van der Waals surface area contributed by atoms with Gasteiger partial charge in [0.25, 0.3) is 0 Å². The average Bonchev–Trinajstić information content (AvgIpc) is 2.19. The summed E-state index contributed by atoms with van der Waals surface area (Å²) < 4.78 is 2.47. The topological polar surface area (TPSA) is 39.3 Å². The molecule has 0 saturated carbocycles. The van der Waals surface area contributed by atoms with E-state index in [0.717, 1.165) is 13.1 Å². The van der Waals surface area contributed by atoms with Gasteiger partial charge in [0.15, 0.2) is 9.84 Å². The zero-order valence-electron chi connectivity index (χ0n) is 9.57. The first-order chi connectivity index (χ1) is 6.11. The fraction of sp³-hybridized carbons (Fsp3) is 1.00. The monoisotopic (exact) mass is 204 g/mol. The molecule has 0 amide bonds. The highest BCUT2D eigenvalue weighted by Gasteiger charge is 2.18. The Bertz CT molecular complexity index is 123. The van der Waals surface area contributed by atoms with E-state index < -0.39 is 0 Å².